The number of hydrogen-bond acceptors (Lipinski definition) is 2. The molecule has 0 fully saturated rings. The van der Waals surface area contributed by atoms with Crippen LogP contribution in [0.3, 0.4) is 0 Å². The Morgan fingerprint density at radius 3 is 2.43 bits per heavy atom. The molecule has 0 saturated carbocycles. The molecular formula is C11H13BrO2. The van der Waals surface area contributed by atoms with Gasteiger partial charge in [-0.3, -0.25) is 4.79 Å². The molecule has 0 aliphatic carbocycles. The fraction of sp³-hybridized carbons (Fsp3) is 0.364. The Kier molecular flexibility index (Phi) is 4.14. The zero-order chi connectivity index (χ0) is 10.6. The summed E-state index contributed by atoms with van der Waals surface area (Å²) in [6, 6.07) is 7.81. The first kappa shape index (κ1) is 11.2. The average molecular weight is 257 g/mol. The molecule has 1 atom stereocenters. The lowest BCUT2D eigenvalue weighted by atomic mass is 10.1. The van der Waals surface area contributed by atoms with E-state index >= 15 is 0 Å². The monoisotopic (exact) mass is 256 g/mol. The molecule has 0 amide bonds. The SMILES string of the molecule is CCC(OC(C)=O)c1ccc(Br)cc1. The second-order valence-electron chi connectivity index (χ2n) is 3.06. The van der Waals surface area contributed by atoms with Crippen molar-refractivity contribution >= 4 is 21.9 Å². The van der Waals surface area contributed by atoms with Gasteiger partial charge in [0, 0.05) is 11.4 Å². The van der Waals surface area contributed by atoms with E-state index in [0.717, 1.165) is 16.5 Å². The van der Waals surface area contributed by atoms with Crippen LogP contribution in [0.4, 0.5) is 0 Å². The Morgan fingerprint density at radius 2 is 2.00 bits per heavy atom. The lowest BCUT2D eigenvalue weighted by Gasteiger charge is -2.15. The van der Waals surface area contributed by atoms with Gasteiger partial charge in [-0.1, -0.05) is 35.0 Å². The highest BCUT2D eigenvalue weighted by molar-refractivity contribution is 9.10. The minimum atomic E-state index is -0.236. The predicted octanol–water partition coefficient (Wildman–Crippen LogP) is 3.46. The molecule has 3 heteroatoms. The van der Waals surface area contributed by atoms with Crippen molar-refractivity contribution in [3.05, 3.63) is 34.3 Å². The molecule has 76 valence electrons. The maximum Gasteiger partial charge on any atom is 0.303 e. The van der Waals surface area contributed by atoms with Gasteiger partial charge in [-0.25, -0.2) is 0 Å². The number of esters is 1. The Hall–Kier alpha value is -0.830. The summed E-state index contributed by atoms with van der Waals surface area (Å²) in [6.45, 7) is 3.43. The molecule has 0 radical (unpaired) electrons. The highest BCUT2D eigenvalue weighted by Crippen LogP contribution is 2.22. The van der Waals surface area contributed by atoms with E-state index in [9.17, 15) is 4.79 Å². The largest absolute Gasteiger partial charge is 0.458 e. The Labute approximate surface area is 92.4 Å². The third-order valence-electron chi connectivity index (χ3n) is 1.92. The van der Waals surface area contributed by atoms with Gasteiger partial charge in [0.2, 0.25) is 0 Å². The molecule has 0 N–H and O–H groups in total. The van der Waals surface area contributed by atoms with Crippen LogP contribution in [0.5, 0.6) is 0 Å². The third-order valence-corrected chi connectivity index (χ3v) is 2.45. The van der Waals surface area contributed by atoms with E-state index in [1.54, 1.807) is 0 Å². The number of rotatable bonds is 3. The summed E-state index contributed by atoms with van der Waals surface area (Å²) in [5.41, 5.74) is 1.03. The topological polar surface area (TPSA) is 26.3 Å². The predicted molar refractivity (Wildman–Crippen MR) is 58.9 cm³/mol. The normalized spacial score (nSPS) is 12.2. The van der Waals surface area contributed by atoms with Gasteiger partial charge in [0.1, 0.15) is 6.10 Å². The van der Waals surface area contributed by atoms with Crippen LogP contribution in [0.15, 0.2) is 28.7 Å². The molecule has 14 heavy (non-hydrogen) atoms. The van der Waals surface area contributed by atoms with E-state index < -0.39 is 0 Å². The van der Waals surface area contributed by atoms with Crippen molar-refractivity contribution < 1.29 is 9.53 Å². The summed E-state index contributed by atoms with van der Waals surface area (Å²) in [7, 11) is 0. The Morgan fingerprint density at radius 1 is 1.43 bits per heavy atom. The van der Waals surface area contributed by atoms with E-state index in [-0.39, 0.29) is 12.1 Å². The van der Waals surface area contributed by atoms with Crippen molar-refractivity contribution in [2.24, 2.45) is 0 Å². The van der Waals surface area contributed by atoms with Gasteiger partial charge in [0.05, 0.1) is 0 Å². The van der Waals surface area contributed by atoms with Crippen LogP contribution in [0, 0.1) is 0 Å². The smallest absolute Gasteiger partial charge is 0.303 e. The number of carbonyl (C=O) groups excluding carboxylic acids is 1. The Balaban J connectivity index is 2.78. The number of hydrogen-bond donors (Lipinski definition) is 0. The van der Waals surface area contributed by atoms with Gasteiger partial charge >= 0.3 is 5.97 Å². The van der Waals surface area contributed by atoms with Gasteiger partial charge in [-0.05, 0) is 24.1 Å². The molecule has 0 bridgehead atoms. The number of carbonyl (C=O) groups is 1. The number of benzene rings is 1. The summed E-state index contributed by atoms with van der Waals surface area (Å²) in [5, 5.41) is 0. The summed E-state index contributed by atoms with van der Waals surface area (Å²) >= 11 is 3.36. The maximum atomic E-state index is 10.8. The Bertz CT molecular complexity index is 306. The fourth-order valence-electron chi connectivity index (χ4n) is 1.26. The molecule has 0 aliphatic heterocycles. The maximum absolute atomic E-state index is 10.8. The second-order valence-corrected chi connectivity index (χ2v) is 3.97. The lowest BCUT2D eigenvalue weighted by Crippen LogP contribution is -2.07. The first-order chi connectivity index (χ1) is 6.63. The zero-order valence-electron chi connectivity index (χ0n) is 8.29. The molecule has 1 aromatic carbocycles. The van der Waals surface area contributed by atoms with Crippen LogP contribution in [-0.2, 0) is 9.53 Å². The second kappa shape index (κ2) is 5.15. The van der Waals surface area contributed by atoms with Crippen molar-refractivity contribution in [1.82, 2.24) is 0 Å². The average Bonchev–Trinajstić information content (AvgIpc) is 2.15. The standard InChI is InChI=1S/C11H13BrO2/c1-3-11(14-8(2)13)9-4-6-10(12)7-5-9/h4-7,11H,3H2,1-2H3. The highest BCUT2D eigenvalue weighted by Gasteiger charge is 2.11. The van der Waals surface area contributed by atoms with Crippen LogP contribution in [-0.4, -0.2) is 5.97 Å². The van der Waals surface area contributed by atoms with E-state index in [1.807, 2.05) is 31.2 Å². The van der Waals surface area contributed by atoms with E-state index in [2.05, 4.69) is 15.9 Å². The molecule has 0 aromatic heterocycles. The molecule has 1 unspecified atom stereocenters. The van der Waals surface area contributed by atoms with Crippen LogP contribution >= 0.6 is 15.9 Å². The fourth-order valence-corrected chi connectivity index (χ4v) is 1.53. The molecule has 1 rings (SSSR count). The van der Waals surface area contributed by atoms with E-state index in [1.165, 1.54) is 6.92 Å². The lowest BCUT2D eigenvalue weighted by molar-refractivity contribution is -0.146. The first-order valence-electron chi connectivity index (χ1n) is 4.56. The number of ether oxygens (including phenoxy) is 1. The van der Waals surface area contributed by atoms with Crippen molar-refractivity contribution in [3.63, 3.8) is 0 Å². The number of halogens is 1. The summed E-state index contributed by atoms with van der Waals surface area (Å²) in [6.07, 6.45) is 0.668. The summed E-state index contributed by atoms with van der Waals surface area (Å²) < 4.78 is 6.20. The van der Waals surface area contributed by atoms with E-state index in [4.69, 9.17) is 4.74 Å². The first-order valence-corrected chi connectivity index (χ1v) is 5.35. The van der Waals surface area contributed by atoms with Crippen molar-refractivity contribution in [3.8, 4) is 0 Å². The van der Waals surface area contributed by atoms with Gasteiger partial charge in [0.25, 0.3) is 0 Å². The highest BCUT2D eigenvalue weighted by atomic mass is 79.9. The molecule has 0 heterocycles. The van der Waals surface area contributed by atoms with Crippen LogP contribution in [0.2, 0.25) is 0 Å². The van der Waals surface area contributed by atoms with Crippen molar-refractivity contribution in [1.29, 1.82) is 0 Å². The minimum absolute atomic E-state index is 0.124. The quantitative estimate of drug-likeness (QED) is 0.775. The van der Waals surface area contributed by atoms with Crippen LogP contribution < -0.4 is 0 Å². The summed E-state index contributed by atoms with van der Waals surface area (Å²) in [4.78, 5) is 10.8. The van der Waals surface area contributed by atoms with Gasteiger partial charge in [-0.15, -0.1) is 0 Å². The van der Waals surface area contributed by atoms with Gasteiger partial charge in [-0.2, -0.15) is 0 Å². The summed E-state index contributed by atoms with van der Waals surface area (Å²) in [5.74, 6) is -0.236. The molecule has 2 nitrogen and oxygen atoms in total. The molecular weight excluding hydrogens is 244 g/mol. The van der Waals surface area contributed by atoms with Crippen molar-refractivity contribution in [2.75, 3.05) is 0 Å². The molecule has 0 spiro atoms. The van der Waals surface area contributed by atoms with E-state index in [0.29, 0.717) is 0 Å². The minimum Gasteiger partial charge on any atom is -0.458 e. The zero-order valence-corrected chi connectivity index (χ0v) is 9.87. The van der Waals surface area contributed by atoms with Gasteiger partial charge in [0.15, 0.2) is 0 Å². The molecule has 0 saturated heterocycles. The third kappa shape index (κ3) is 3.14. The van der Waals surface area contributed by atoms with Crippen LogP contribution in [0.1, 0.15) is 31.9 Å². The molecule has 0 aliphatic rings. The van der Waals surface area contributed by atoms with Gasteiger partial charge < -0.3 is 4.74 Å². The molecule has 1 aromatic rings. The van der Waals surface area contributed by atoms with Crippen LogP contribution in [0.25, 0.3) is 0 Å². The van der Waals surface area contributed by atoms with Crippen molar-refractivity contribution in [2.45, 2.75) is 26.4 Å².